The Morgan fingerprint density at radius 2 is 1.96 bits per heavy atom. The molecule has 0 atom stereocenters. The number of benzene rings is 2. The number of anilines is 1. The summed E-state index contributed by atoms with van der Waals surface area (Å²) in [6.45, 7) is 1.36. The molecule has 0 aromatic heterocycles. The Bertz CT molecular complexity index is 730. The Labute approximate surface area is 141 Å². The molecule has 1 aliphatic rings. The van der Waals surface area contributed by atoms with Gasteiger partial charge in [-0.25, -0.2) is 0 Å². The lowest BCUT2D eigenvalue weighted by Gasteiger charge is -2.20. The summed E-state index contributed by atoms with van der Waals surface area (Å²) in [6.07, 6.45) is 1.54. The molecule has 1 fully saturated rings. The molecular weight excluding hydrogens is 302 g/mol. The van der Waals surface area contributed by atoms with Crippen LogP contribution >= 0.6 is 0 Å². The number of para-hydroxylation sites is 1. The summed E-state index contributed by atoms with van der Waals surface area (Å²) in [5.41, 5.74) is 5.32. The quantitative estimate of drug-likeness (QED) is 0.861. The molecule has 2 aromatic carbocycles. The van der Waals surface area contributed by atoms with Gasteiger partial charge in [0, 0.05) is 32.1 Å². The third-order valence-corrected chi connectivity index (χ3v) is 4.15. The van der Waals surface area contributed by atoms with Crippen molar-refractivity contribution in [2.45, 2.75) is 19.4 Å². The molecule has 3 rings (SSSR count). The molecule has 0 unspecified atom stereocenters. The topological polar surface area (TPSA) is 52.7 Å². The van der Waals surface area contributed by atoms with Gasteiger partial charge in [0.25, 0.3) is 5.91 Å². The second-order valence-corrected chi connectivity index (χ2v) is 5.95. The first-order valence-corrected chi connectivity index (χ1v) is 8.10. The van der Waals surface area contributed by atoms with Crippen molar-refractivity contribution in [3.63, 3.8) is 0 Å². The molecule has 24 heavy (non-hydrogen) atoms. The standard InChI is InChI=1S/C19H21N3O2/c1-21(17-9-3-2-4-10-17)20-19(24)16-8-5-7-15(13-16)14-22-12-6-11-18(22)23/h2-5,7-10,13H,6,11-12,14H2,1H3,(H,20,24). The molecule has 1 saturated heterocycles. The van der Waals surface area contributed by atoms with E-state index in [9.17, 15) is 9.59 Å². The maximum absolute atomic E-state index is 12.4. The second kappa shape index (κ2) is 7.17. The number of carbonyl (C=O) groups excluding carboxylic acids is 2. The molecule has 2 amide bonds. The zero-order valence-corrected chi connectivity index (χ0v) is 13.7. The Morgan fingerprint density at radius 1 is 1.17 bits per heavy atom. The molecule has 1 heterocycles. The maximum Gasteiger partial charge on any atom is 0.269 e. The lowest BCUT2D eigenvalue weighted by molar-refractivity contribution is -0.128. The number of hydrogen-bond donors (Lipinski definition) is 1. The Kier molecular flexibility index (Phi) is 4.79. The van der Waals surface area contributed by atoms with Crippen molar-refractivity contribution in [2.75, 3.05) is 18.6 Å². The minimum absolute atomic E-state index is 0.170. The van der Waals surface area contributed by atoms with Crippen molar-refractivity contribution in [2.24, 2.45) is 0 Å². The van der Waals surface area contributed by atoms with Gasteiger partial charge in [-0.1, -0.05) is 30.3 Å². The van der Waals surface area contributed by atoms with Gasteiger partial charge in [0.15, 0.2) is 0 Å². The van der Waals surface area contributed by atoms with Gasteiger partial charge < -0.3 is 4.90 Å². The summed E-state index contributed by atoms with van der Waals surface area (Å²) in [5.74, 6) is 0.0182. The number of nitrogens with one attached hydrogen (secondary N) is 1. The van der Waals surface area contributed by atoms with Crippen LogP contribution in [0.2, 0.25) is 0 Å². The molecule has 0 radical (unpaired) electrons. The highest BCUT2D eigenvalue weighted by molar-refractivity contribution is 5.95. The molecule has 0 spiro atoms. The largest absolute Gasteiger partial charge is 0.338 e. The van der Waals surface area contributed by atoms with Crippen molar-refractivity contribution in [1.82, 2.24) is 10.3 Å². The van der Waals surface area contributed by atoms with E-state index in [0.717, 1.165) is 24.2 Å². The highest BCUT2D eigenvalue weighted by Crippen LogP contribution is 2.15. The van der Waals surface area contributed by atoms with Gasteiger partial charge in [0.2, 0.25) is 5.91 Å². The van der Waals surface area contributed by atoms with Crippen LogP contribution in [-0.2, 0) is 11.3 Å². The highest BCUT2D eigenvalue weighted by atomic mass is 16.2. The van der Waals surface area contributed by atoms with Crippen LogP contribution in [0, 0.1) is 0 Å². The van der Waals surface area contributed by atoms with Gasteiger partial charge >= 0.3 is 0 Å². The van der Waals surface area contributed by atoms with Crippen LogP contribution in [0.4, 0.5) is 5.69 Å². The molecule has 0 saturated carbocycles. The summed E-state index contributed by atoms with van der Waals surface area (Å²) < 4.78 is 0. The number of hydrogen-bond acceptors (Lipinski definition) is 3. The van der Waals surface area contributed by atoms with E-state index < -0.39 is 0 Å². The van der Waals surface area contributed by atoms with Crippen molar-refractivity contribution >= 4 is 17.5 Å². The number of amides is 2. The first-order valence-electron chi connectivity index (χ1n) is 8.10. The minimum atomic E-state index is -0.170. The zero-order chi connectivity index (χ0) is 16.9. The predicted molar refractivity (Wildman–Crippen MR) is 93.4 cm³/mol. The van der Waals surface area contributed by atoms with Gasteiger partial charge in [0.1, 0.15) is 0 Å². The summed E-state index contributed by atoms with van der Waals surface area (Å²) in [4.78, 5) is 26.0. The van der Waals surface area contributed by atoms with Gasteiger partial charge in [-0.3, -0.25) is 20.0 Å². The fourth-order valence-electron chi connectivity index (χ4n) is 2.84. The third-order valence-electron chi connectivity index (χ3n) is 4.15. The average molecular weight is 323 g/mol. The third kappa shape index (κ3) is 3.74. The fourth-order valence-corrected chi connectivity index (χ4v) is 2.84. The molecule has 2 aromatic rings. The minimum Gasteiger partial charge on any atom is -0.338 e. The van der Waals surface area contributed by atoms with E-state index in [1.54, 1.807) is 18.1 Å². The maximum atomic E-state index is 12.4. The van der Waals surface area contributed by atoms with Crippen molar-refractivity contribution in [3.8, 4) is 0 Å². The SMILES string of the molecule is CN(NC(=O)c1cccc(CN2CCCC2=O)c1)c1ccccc1. The predicted octanol–water partition coefficient (Wildman–Crippen LogP) is 2.59. The second-order valence-electron chi connectivity index (χ2n) is 5.95. The lowest BCUT2D eigenvalue weighted by Crippen LogP contribution is -2.39. The van der Waals surface area contributed by atoms with Crippen molar-refractivity contribution < 1.29 is 9.59 Å². The Morgan fingerprint density at radius 3 is 2.67 bits per heavy atom. The summed E-state index contributed by atoms with van der Waals surface area (Å²) >= 11 is 0. The Hall–Kier alpha value is -2.82. The van der Waals surface area contributed by atoms with Crippen molar-refractivity contribution in [1.29, 1.82) is 0 Å². The van der Waals surface area contributed by atoms with Crippen LogP contribution < -0.4 is 10.4 Å². The van der Waals surface area contributed by atoms with Crippen LogP contribution in [0.1, 0.15) is 28.8 Å². The van der Waals surface area contributed by atoms with Gasteiger partial charge in [-0.15, -0.1) is 0 Å². The van der Waals surface area contributed by atoms with Gasteiger partial charge in [-0.05, 0) is 36.2 Å². The van der Waals surface area contributed by atoms with E-state index in [0.29, 0.717) is 18.5 Å². The summed E-state index contributed by atoms with van der Waals surface area (Å²) in [7, 11) is 1.81. The van der Waals surface area contributed by atoms with E-state index in [1.165, 1.54) is 0 Å². The van der Waals surface area contributed by atoms with E-state index in [1.807, 2.05) is 53.4 Å². The number of likely N-dealkylation sites (tertiary alicyclic amines) is 1. The van der Waals surface area contributed by atoms with Gasteiger partial charge in [-0.2, -0.15) is 0 Å². The van der Waals surface area contributed by atoms with Gasteiger partial charge in [0.05, 0.1) is 5.69 Å². The lowest BCUT2D eigenvalue weighted by atomic mass is 10.1. The number of nitrogens with zero attached hydrogens (tertiary/aromatic N) is 2. The molecule has 0 aliphatic carbocycles. The monoisotopic (exact) mass is 323 g/mol. The molecule has 0 bridgehead atoms. The van der Waals surface area contributed by atoms with Crippen LogP contribution in [-0.4, -0.2) is 30.3 Å². The number of carbonyl (C=O) groups is 2. The fraction of sp³-hybridized carbons (Fsp3) is 0.263. The molecule has 124 valence electrons. The molecule has 1 N–H and O–H groups in total. The Balaban J connectivity index is 1.67. The van der Waals surface area contributed by atoms with Crippen LogP contribution in [0.25, 0.3) is 0 Å². The molecule has 5 nitrogen and oxygen atoms in total. The first-order chi connectivity index (χ1) is 11.6. The van der Waals surface area contributed by atoms with E-state index in [-0.39, 0.29) is 11.8 Å². The van der Waals surface area contributed by atoms with Crippen LogP contribution in [0.5, 0.6) is 0 Å². The van der Waals surface area contributed by atoms with Crippen LogP contribution in [0.3, 0.4) is 0 Å². The number of rotatable bonds is 5. The zero-order valence-electron chi connectivity index (χ0n) is 13.7. The molecular formula is C19H21N3O2. The van der Waals surface area contributed by atoms with Crippen molar-refractivity contribution in [3.05, 3.63) is 65.7 Å². The summed E-state index contributed by atoms with van der Waals surface area (Å²) in [5, 5.41) is 1.69. The van der Waals surface area contributed by atoms with E-state index in [2.05, 4.69) is 5.43 Å². The van der Waals surface area contributed by atoms with E-state index in [4.69, 9.17) is 0 Å². The smallest absolute Gasteiger partial charge is 0.269 e. The average Bonchev–Trinajstić information content (AvgIpc) is 3.00. The van der Waals surface area contributed by atoms with Crippen LogP contribution in [0.15, 0.2) is 54.6 Å². The number of hydrazine groups is 1. The van der Waals surface area contributed by atoms with E-state index >= 15 is 0 Å². The normalized spacial score (nSPS) is 13.9. The first kappa shape index (κ1) is 16.1. The molecule has 1 aliphatic heterocycles. The summed E-state index contributed by atoms with van der Waals surface area (Å²) in [6, 6.07) is 17.1. The molecule has 5 heteroatoms. The highest BCUT2D eigenvalue weighted by Gasteiger charge is 2.20.